The highest BCUT2D eigenvalue weighted by Crippen LogP contribution is 2.36. The molecular formula is C27H29ClFN2O3S+. The van der Waals surface area contributed by atoms with Crippen molar-refractivity contribution in [2.24, 2.45) is 5.92 Å². The van der Waals surface area contributed by atoms with Crippen molar-refractivity contribution < 1.29 is 23.1 Å². The number of quaternary nitrogens is 1. The smallest absolute Gasteiger partial charge is 0.415 e. The predicted octanol–water partition coefficient (Wildman–Crippen LogP) is 6.37. The second-order valence-corrected chi connectivity index (χ2v) is 11.2. The number of carbonyl (C=O) groups excluding carboxylic acids is 1. The van der Waals surface area contributed by atoms with Crippen molar-refractivity contribution >= 4 is 34.7 Å². The van der Waals surface area contributed by atoms with Gasteiger partial charge in [0.1, 0.15) is 31.3 Å². The molecule has 4 heterocycles. The maximum Gasteiger partial charge on any atom is 0.415 e. The van der Waals surface area contributed by atoms with Crippen LogP contribution in [0.2, 0.25) is 4.34 Å². The zero-order valence-electron chi connectivity index (χ0n) is 19.4. The fourth-order valence-corrected chi connectivity index (χ4v) is 6.32. The number of hydrogen-bond donors (Lipinski definition) is 0. The maximum atomic E-state index is 14.7. The van der Waals surface area contributed by atoms with Crippen LogP contribution in [-0.2, 0) is 11.3 Å². The van der Waals surface area contributed by atoms with Gasteiger partial charge in [-0.3, -0.25) is 4.90 Å². The molecule has 8 heteroatoms. The first-order valence-electron chi connectivity index (χ1n) is 12.0. The molecule has 1 amide bonds. The number of anilines is 1. The Morgan fingerprint density at radius 2 is 1.80 bits per heavy atom. The van der Waals surface area contributed by atoms with E-state index in [-0.39, 0.29) is 18.3 Å². The first-order chi connectivity index (χ1) is 17.0. The standard InChI is InChI=1S/C27H29ClFN2O3S/c28-26-11-10-22(35-26)18-30(24-9-5-4-8-23(24)29)27(32)34-25-19-31(14-12-20(25)13-15-31)16-17-33-21-6-2-1-3-7-21/h1-11,20,25H,12-19H2/q+1/t20?,25-,31?/m0/s1. The molecule has 3 aliphatic rings. The summed E-state index contributed by atoms with van der Waals surface area (Å²) >= 11 is 7.47. The van der Waals surface area contributed by atoms with Gasteiger partial charge in [-0.25, -0.2) is 9.18 Å². The monoisotopic (exact) mass is 515 g/mol. The van der Waals surface area contributed by atoms with Crippen LogP contribution in [0.15, 0.2) is 66.7 Å². The van der Waals surface area contributed by atoms with Gasteiger partial charge in [0, 0.05) is 23.6 Å². The van der Waals surface area contributed by atoms with Crippen molar-refractivity contribution in [1.82, 2.24) is 0 Å². The van der Waals surface area contributed by atoms with Crippen molar-refractivity contribution in [3.05, 3.63) is 81.8 Å². The van der Waals surface area contributed by atoms with Gasteiger partial charge in [-0.1, -0.05) is 41.9 Å². The number of thiophene rings is 1. The van der Waals surface area contributed by atoms with Crippen molar-refractivity contribution in [1.29, 1.82) is 0 Å². The minimum atomic E-state index is -0.517. The number of nitrogens with zero attached hydrogens (tertiary/aromatic N) is 2. The second-order valence-electron chi connectivity index (χ2n) is 9.36. The van der Waals surface area contributed by atoms with Gasteiger partial charge in [0.15, 0.2) is 6.10 Å². The molecule has 1 atom stereocenters. The molecule has 3 fully saturated rings. The number of carbonyl (C=O) groups is 1. The number of para-hydroxylation sites is 2. The molecule has 35 heavy (non-hydrogen) atoms. The van der Waals surface area contributed by atoms with Crippen molar-refractivity contribution in [3.8, 4) is 5.75 Å². The molecule has 3 saturated heterocycles. The molecule has 3 aliphatic heterocycles. The van der Waals surface area contributed by atoms with E-state index >= 15 is 0 Å². The van der Waals surface area contributed by atoms with Crippen LogP contribution in [0.25, 0.3) is 0 Å². The van der Waals surface area contributed by atoms with Crippen LogP contribution in [0.3, 0.4) is 0 Å². The summed E-state index contributed by atoms with van der Waals surface area (Å²) in [5.41, 5.74) is 0.212. The Balaban J connectivity index is 1.27. The third-order valence-electron chi connectivity index (χ3n) is 7.18. The van der Waals surface area contributed by atoms with E-state index in [0.29, 0.717) is 16.9 Å². The Hall–Kier alpha value is -2.61. The minimum absolute atomic E-state index is 0.192. The average molecular weight is 516 g/mol. The highest BCUT2D eigenvalue weighted by atomic mass is 35.5. The Morgan fingerprint density at radius 1 is 1.06 bits per heavy atom. The predicted molar refractivity (Wildman–Crippen MR) is 137 cm³/mol. The molecule has 0 radical (unpaired) electrons. The van der Waals surface area contributed by atoms with Gasteiger partial charge in [0.2, 0.25) is 0 Å². The summed E-state index contributed by atoms with van der Waals surface area (Å²) in [6, 6.07) is 19.8. The molecule has 6 rings (SSSR count). The fraction of sp³-hybridized carbons (Fsp3) is 0.370. The molecule has 1 aromatic heterocycles. The summed E-state index contributed by atoms with van der Waals surface area (Å²) in [6.45, 7) is 4.61. The lowest BCUT2D eigenvalue weighted by atomic mass is 9.83. The highest BCUT2D eigenvalue weighted by molar-refractivity contribution is 7.16. The Labute approximate surface area is 214 Å². The average Bonchev–Trinajstić information content (AvgIpc) is 3.29. The number of fused-ring (bicyclic) bond motifs is 3. The molecule has 3 aromatic rings. The molecule has 184 valence electrons. The Bertz CT molecular complexity index is 1150. The summed E-state index contributed by atoms with van der Waals surface area (Å²) < 4.78 is 28.3. The molecule has 0 aliphatic carbocycles. The number of ether oxygens (including phenoxy) is 2. The third kappa shape index (κ3) is 5.63. The number of rotatable bonds is 8. The van der Waals surface area contributed by atoms with Crippen LogP contribution in [0.4, 0.5) is 14.9 Å². The Morgan fingerprint density at radius 3 is 2.51 bits per heavy atom. The van der Waals surface area contributed by atoms with E-state index in [0.717, 1.165) is 54.1 Å². The van der Waals surface area contributed by atoms with Gasteiger partial charge < -0.3 is 14.0 Å². The van der Waals surface area contributed by atoms with E-state index in [9.17, 15) is 9.18 Å². The number of halogens is 2. The summed E-state index contributed by atoms with van der Waals surface area (Å²) in [7, 11) is 0. The normalized spacial score (nSPS) is 23.1. The summed E-state index contributed by atoms with van der Waals surface area (Å²) in [5.74, 6) is 0.755. The molecule has 2 bridgehead atoms. The molecule has 0 unspecified atom stereocenters. The number of amides is 1. The molecule has 0 saturated carbocycles. The van der Waals surface area contributed by atoms with Crippen LogP contribution in [0.1, 0.15) is 17.7 Å². The lowest BCUT2D eigenvalue weighted by molar-refractivity contribution is -0.946. The molecule has 5 nitrogen and oxygen atoms in total. The van der Waals surface area contributed by atoms with Gasteiger partial charge in [-0.05, 0) is 36.4 Å². The van der Waals surface area contributed by atoms with Crippen LogP contribution >= 0.6 is 22.9 Å². The quantitative estimate of drug-likeness (QED) is 0.327. The van der Waals surface area contributed by atoms with E-state index in [4.69, 9.17) is 21.1 Å². The summed E-state index contributed by atoms with van der Waals surface area (Å²) in [6.07, 6.45) is 1.33. The summed E-state index contributed by atoms with van der Waals surface area (Å²) in [4.78, 5) is 15.7. The zero-order valence-corrected chi connectivity index (χ0v) is 21.0. The van der Waals surface area contributed by atoms with Crippen molar-refractivity contribution in [2.75, 3.05) is 37.7 Å². The van der Waals surface area contributed by atoms with Crippen LogP contribution in [0, 0.1) is 11.7 Å². The van der Waals surface area contributed by atoms with Gasteiger partial charge in [-0.15, -0.1) is 11.3 Å². The number of benzene rings is 2. The van der Waals surface area contributed by atoms with Crippen molar-refractivity contribution in [3.63, 3.8) is 0 Å². The first-order valence-corrected chi connectivity index (χ1v) is 13.2. The second kappa shape index (κ2) is 10.6. The lowest BCUT2D eigenvalue weighted by Crippen LogP contribution is -2.65. The molecule has 0 N–H and O–H groups in total. The van der Waals surface area contributed by atoms with Gasteiger partial charge in [-0.2, -0.15) is 0 Å². The van der Waals surface area contributed by atoms with E-state index in [1.807, 2.05) is 36.4 Å². The van der Waals surface area contributed by atoms with Crippen LogP contribution in [0.5, 0.6) is 5.75 Å². The van der Waals surface area contributed by atoms with E-state index in [2.05, 4.69) is 0 Å². The third-order valence-corrected chi connectivity index (χ3v) is 8.39. The van der Waals surface area contributed by atoms with Crippen LogP contribution < -0.4 is 9.64 Å². The Kier molecular flexibility index (Phi) is 7.27. The van der Waals surface area contributed by atoms with E-state index in [1.54, 1.807) is 24.3 Å². The molecular weight excluding hydrogens is 487 g/mol. The lowest BCUT2D eigenvalue weighted by Gasteiger charge is -2.52. The van der Waals surface area contributed by atoms with Crippen molar-refractivity contribution in [2.45, 2.75) is 25.5 Å². The van der Waals surface area contributed by atoms with E-state index < -0.39 is 11.9 Å². The topological polar surface area (TPSA) is 38.8 Å². The summed E-state index contributed by atoms with van der Waals surface area (Å²) in [5, 5.41) is 0. The van der Waals surface area contributed by atoms with Gasteiger partial charge in [0.05, 0.1) is 29.7 Å². The molecule has 0 spiro atoms. The maximum absolute atomic E-state index is 14.7. The highest BCUT2D eigenvalue weighted by Gasteiger charge is 2.48. The van der Waals surface area contributed by atoms with Crippen LogP contribution in [-0.4, -0.2) is 49.5 Å². The zero-order chi connectivity index (χ0) is 24.3. The number of piperidine rings is 3. The minimum Gasteiger partial charge on any atom is -0.488 e. The van der Waals surface area contributed by atoms with Gasteiger partial charge in [0.25, 0.3) is 0 Å². The number of hydrogen-bond acceptors (Lipinski definition) is 4. The molecule has 2 aromatic carbocycles. The largest absolute Gasteiger partial charge is 0.488 e. The first kappa shape index (κ1) is 24.1. The van der Waals surface area contributed by atoms with E-state index in [1.165, 1.54) is 22.3 Å². The SMILES string of the molecule is O=C(O[C@H]1C[N+]2(CCOc3ccccc3)CCC1CC2)N(Cc1ccc(Cl)s1)c1ccccc1F. The van der Waals surface area contributed by atoms with Gasteiger partial charge >= 0.3 is 6.09 Å². The fourth-order valence-electron chi connectivity index (χ4n) is 5.25.